The van der Waals surface area contributed by atoms with Gasteiger partial charge in [-0.3, -0.25) is 5.43 Å². The Bertz CT molecular complexity index is 690. The van der Waals surface area contributed by atoms with Gasteiger partial charge in [0.1, 0.15) is 5.75 Å². The normalized spacial score (nSPS) is 11.7. The zero-order valence-electron chi connectivity index (χ0n) is 10.9. The van der Waals surface area contributed by atoms with Crippen molar-refractivity contribution < 1.29 is 17.9 Å². The highest BCUT2D eigenvalue weighted by molar-refractivity contribution is 6.42. The first kappa shape index (κ1) is 16.5. The van der Waals surface area contributed by atoms with Crippen molar-refractivity contribution in [2.75, 3.05) is 5.43 Å². The number of rotatable bonds is 4. The average Bonchev–Trinajstić information content (AvgIpc) is 2.43. The molecule has 0 unspecified atom stereocenters. The Labute approximate surface area is 134 Å². The first-order valence-electron chi connectivity index (χ1n) is 5.94. The molecule has 0 aliphatic rings. The fourth-order valence-corrected chi connectivity index (χ4v) is 1.84. The molecule has 2 aromatic rings. The van der Waals surface area contributed by atoms with Crippen molar-refractivity contribution in [3.63, 3.8) is 0 Å². The fourth-order valence-electron chi connectivity index (χ4n) is 1.55. The number of ether oxygens (including phenoxy) is 1. The zero-order valence-corrected chi connectivity index (χ0v) is 12.4. The molecule has 0 fully saturated rings. The van der Waals surface area contributed by atoms with Gasteiger partial charge in [-0.15, -0.1) is 13.2 Å². The van der Waals surface area contributed by atoms with Crippen LogP contribution in [0.2, 0.25) is 10.0 Å². The van der Waals surface area contributed by atoms with Gasteiger partial charge in [0, 0.05) is 5.56 Å². The molecule has 8 heteroatoms. The van der Waals surface area contributed by atoms with Crippen LogP contribution in [0.3, 0.4) is 0 Å². The van der Waals surface area contributed by atoms with Crippen molar-refractivity contribution in [2.24, 2.45) is 5.10 Å². The van der Waals surface area contributed by atoms with Crippen LogP contribution in [0.4, 0.5) is 18.9 Å². The van der Waals surface area contributed by atoms with E-state index in [-0.39, 0.29) is 11.3 Å². The van der Waals surface area contributed by atoms with E-state index in [0.29, 0.717) is 15.7 Å². The molecule has 0 radical (unpaired) electrons. The van der Waals surface area contributed by atoms with Gasteiger partial charge in [0.15, 0.2) is 0 Å². The largest absolute Gasteiger partial charge is 0.573 e. The Kier molecular flexibility index (Phi) is 5.15. The van der Waals surface area contributed by atoms with Gasteiger partial charge in [-0.2, -0.15) is 5.10 Å². The Morgan fingerprint density at radius 3 is 2.45 bits per heavy atom. The van der Waals surface area contributed by atoms with Crippen LogP contribution in [0, 0.1) is 0 Å². The molecule has 0 bridgehead atoms. The number of hydrazone groups is 1. The summed E-state index contributed by atoms with van der Waals surface area (Å²) < 4.78 is 40.8. The second-order valence-corrected chi connectivity index (χ2v) is 4.90. The molecule has 116 valence electrons. The van der Waals surface area contributed by atoms with E-state index in [1.165, 1.54) is 24.4 Å². The van der Waals surface area contributed by atoms with Crippen molar-refractivity contribution >= 4 is 35.1 Å². The maximum atomic E-state index is 12.3. The van der Waals surface area contributed by atoms with E-state index in [4.69, 9.17) is 23.2 Å². The second kappa shape index (κ2) is 6.89. The van der Waals surface area contributed by atoms with Gasteiger partial charge in [-0.25, -0.2) is 0 Å². The number of halogens is 5. The van der Waals surface area contributed by atoms with Crippen molar-refractivity contribution in [1.82, 2.24) is 0 Å². The summed E-state index contributed by atoms with van der Waals surface area (Å²) in [5.74, 6) is -0.338. The number of nitrogens with zero attached hydrogens (tertiary/aromatic N) is 1. The third-order valence-electron chi connectivity index (χ3n) is 2.46. The molecule has 0 aliphatic heterocycles. The third kappa shape index (κ3) is 4.82. The van der Waals surface area contributed by atoms with Crippen molar-refractivity contribution in [3.05, 3.63) is 58.1 Å². The van der Waals surface area contributed by atoms with Crippen LogP contribution in [0.1, 0.15) is 5.56 Å². The Morgan fingerprint density at radius 2 is 1.77 bits per heavy atom. The first-order chi connectivity index (χ1) is 10.3. The average molecular weight is 349 g/mol. The maximum absolute atomic E-state index is 12.3. The smallest absolute Gasteiger partial charge is 0.405 e. The van der Waals surface area contributed by atoms with Gasteiger partial charge < -0.3 is 4.74 Å². The van der Waals surface area contributed by atoms with E-state index in [0.717, 1.165) is 0 Å². The summed E-state index contributed by atoms with van der Waals surface area (Å²) in [6, 6.07) is 10.4. The van der Waals surface area contributed by atoms with Gasteiger partial charge in [0.05, 0.1) is 21.9 Å². The van der Waals surface area contributed by atoms with E-state index in [2.05, 4.69) is 15.3 Å². The SMILES string of the molecule is FC(F)(F)Oc1ccccc1C=NNc1ccc(Cl)c(Cl)c1. The summed E-state index contributed by atoms with van der Waals surface area (Å²) in [5, 5.41) is 4.57. The van der Waals surface area contributed by atoms with Crippen LogP contribution >= 0.6 is 23.2 Å². The Hall–Kier alpha value is -1.92. The molecule has 22 heavy (non-hydrogen) atoms. The molecule has 0 heterocycles. The molecule has 0 atom stereocenters. The van der Waals surface area contributed by atoms with E-state index >= 15 is 0 Å². The lowest BCUT2D eigenvalue weighted by Crippen LogP contribution is -2.18. The van der Waals surface area contributed by atoms with Crippen LogP contribution in [0.25, 0.3) is 0 Å². The number of nitrogens with one attached hydrogen (secondary N) is 1. The highest BCUT2D eigenvalue weighted by Crippen LogP contribution is 2.26. The standard InChI is InChI=1S/C14H9Cl2F3N2O/c15-11-6-5-10(7-12(11)16)21-20-8-9-3-1-2-4-13(9)22-14(17,18)19/h1-8,21H. The van der Waals surface area contributed by atoms with Crippen molar-refractivity contribution in [1.29, 1.82) is 0 Å². The lowest BCUT2D eigenvalue weighted by molar-refractivity contribution is -0.274. The quantitative estimate of drug-likeness (QED) is 0.597. The lowest BCUT2D eigenvalue weighted by Gasteiger charge is -2.10. The molecular formula is C14H9Cl2F3N2O. The minimum atomic E-state index is -4.76. The van der Waals surface area contributed by atoms with Gasteiger partial charge in [0.25, 0.3) is 0 Å². The molecule has 1 N–H and O–H groups in total. The van der Waals surface area contributed by atoms with E-state index in [9.17, 15) is 13.2 Å². The minimum absolute atomic E-state index is 0.174. The summed E-state index contributed by atoms with van der Waals surface area (Å²) in [6.07, 6.45) is -3.55. The number of alkyl halides is 3. The van der Waals surface area contributed by atoms with Crippen LogP contribution in [-0.2, 0) is 0 Å². The summed E-state index contributed by atoms with van der Waals surface area (Å²) in [4.78, 5) is 0. The molecule has 3 nitrogen and oxygen atoms in total. The fraction of sp³-hybridized carbons (Fsp3) is 0.0714. The molecule has 0 spiro atoms. The summed E-state index contributed by atoms with van der Waals surface area (Å²) in [6.45, 7) is 0. The van der Waals surface area contributed by atoms with Crippen LogP contribution < -0.4 is 10.2 Å². The van der Waals surface area contributed by atoms with Crippen LogP contribution in [0.5, 0.6) is 5.75 Å². The van der Waals surface area contributed by atoms with Crippen LogP contribution in [-0.4, -0.2) is 12.6 Å². The minimum Gasteiger partial charge on any atom is -0.405 e. The predicted molar refractivity (Wildman–Crippen MR) is 80.8 cm³/mol. The highest BCUT2D eigenvalue weighted by Gasteiger charge is 2.31. The Balaban J connectivity index is 2.11. The zero-order chi connectivity index (χ0) is 16.2. The number of benzene rings is 2. The van der Waals surface area contributed by atoms with Crippen molar-refractivity contribution in [3.8, 4) is 5.75 Å². The molecular weight excluding hydrogens is 340 g/mol. The predicted octanol–water partition coefficient (Wildman–Crippen LogP) is 5.34. The molecule has 0 aromatic heterocycles. The van der Waals surface area contributed by atoms with Gasteiger partial charge >= 0.3 is 6.36 Å². The van der Waals surface area contributed by atoms with E-state index < -0.39 is 6.36 Å². The van der Waals surface area contributed by atoms with E-state index in [1.54, 1.807) is 24.3 Å². The van der Waals surface area contributed by atoms with Gasteiger partial charge in [0.2, 0.25) is 0 Å². The topological polar surface area (TPSA) is 33.6 Å². The van der Waals surface area contributed by atoms with Crippen LogP contribution in [0.15, 0.2) is 47.6 Å². The third-order valence-corrected chi connectivity index (χ3v) is 3.20. The number of hydrogen-bond acceptors (Lipinski definition) is 3. The monoisotopic (exact) mass is 348 g/mol. The molecule has 0 saturated heterocycles. The number of para-hydroxylation sites is 1. The molecule has 0 saturated carbocycles. The highest BCUT2D eigenvalue weighted by atomic mass is 35.5. The summed E-state index contributed by atoms with van der Waals surface area (Å²) >= 11 is 11.6. The molecule has 0 amide bonds. The van der Waals surface area contributed by atoms with E-state index in [1.807, 2.05) is 0 Å². The number of hydrogen-bond donors (Lipinski definition) is 1. The van der Waals surface area contributed by atoms with Crippen molar-refractivity contribution in [2.45, 2.75) is 6.36 Å². The Morgan fingerprint density at radius 1 is 1.05 bits per heavy atom. The maximum Gasteiger partial charge on any atom is 0.573 e. The number of anilines is 1. The molecule has 0 aliphatic carbocycles. The molecule has 2 aromatic carbocycles. The first-order valence-corrected chi connectivity index (χ1v) is 6.69. The van der Waals surface area contributed by atoms with Gasteiger partial charge in [-0.05, 0) is 30.3 Å². The lowest BCUT2D eigenvalue weighted by atomic mass is 10.2. The van der Waals surface area contributed by atoms with Gasteiger partial charge in [-0.1, -0.05) is 35.3 Å². The second-order valence-electron chi connectivity index (χ2n) is 4.08. The summed E-state index contributed by atoms with van der Waals surface area (Å²) in [5.41, 5.74) is 3.36. The summed E-state index contributed by atoms with van der Waals surface area (Å²) in [7, 11) is 0. The molecule has 2 rings (SSSR count).